The van der Waals surface area contributed by atoms with Crippen LogP contribution in [0.25, 0.3) is 0 Å². The smallest absolute Gasteiger partial charge is 0.337 e. The fraction of sp³-hybridized carbons (Fsp3) is 0.250. The largest absolute Gasteiger partial charge is 0.453 e. The van der Waals surface area contributed by atoms with Crippen molar-refractivity contribution < 1.29 is 9.53 Å². The summed E-state index contributed by atoms with van der Waals surface area (Å²) in [5.41, 5.74) is 1.76. The third kappa shape index (κ3) is 1.33. The predicted molar refractivity (Wildman–Crippen MR) is 53.9 cm³/mol. The summed E-state index contributed by atoms with van der Waals surface area (Å²) < 4.78 is 5.03. The van der Waals surface area contributed by atoms with Gasteiger partial charge in [0.25, 0.3) is 0 Å². The van der Waals surface area contributed by atoms with E-state index in [0.717, 1.165) is 0 Å². The Morgan fingerprint density at radius 2 is 2.00 bits per heavy atom. The molecule has 72 valence electrons. The highest BCUT2D eigenvalue weighted by atomic mass is 16.6. The van der Waals surface area contributed by atoms with Crippen LogP contribution in [0.1, 0.15) is 18.4 Å². The number of cyclic esters (lactones) is 1. The van der Waals surface area contributed by atoms with Crippen LogP contribution < -0.4 is 0 Å². The fourth-order valence-electron chi connectivity index (χ4n) is 1.66. The summed E-state index contributed by atoms with van der Waals surface area (Å²) in [5.74, 6) is -0.0702. The van der Waals surface area contributed by atoms with Crippen molar-refractivity contribution >= 4 is 5.97 Å². The molecular formula is C12H12O2. The van der Waals surface area contributed by atoms with Crippen LogP contribution in [0.5, 0.6) is 0 Å². The van der Waals surface area contributed by atoms with Crippen molar-refractivity contribution in [2.45, 2.75) is 18.9 Å². The minimum absolute atomic E-state index is 0.134. The number of hydrogen-bond acceptors (Lipinski definition) is 2. The molecule has 2 unspecified atom stereocenters. The quantitative estimate of drug-likeness (QED) is 0.525. The fourth-order valence-corrected chi connectivity index (χ4v) is 1.66. The van der Waals surface area contributed by atoms with Crippen molar-refractivity contribution in [3.8, 4) is 0 Å². The lowest BCUT2D eigenvalue weighted by molar-refractivity contribution is -0.157. The molecule has 1 fully saturated rings. The number of hydrogen-bond donors (Lipinski definition) is 0. The zero-order chi connectivity index (χ0) is 10.1. The monoisotopic (exact) mass is 188 g/mol. The van der Waals surface area contributed by atoms with E-state index in [1.54, 1.807) is 0 Å². The highest BCUT2D eigenvalue weighted by Gasteiger charge is 2.38. The Morgan fingerprint density at radius 3 is 2.50 bits per heavy atom. The normalized spacial score (nSPS) is 22.5. The summed E-state index contributed by atoms with van der Waals surface area (Å²) >= 11 is 0. The highest BCUT2D eigenvalue weighted by Crippen LogP contribution is 2.32. The Kier molecular flexibility index (Phi) is 2.12. The first kappa shape index (κ1) is 9.00. The maximum absolute atomic E-state index is 10.9. The van der Waals surface area contributed by atoms with Crippen LogP contribution in [-0.2, 0) is 9.53 Å². The number of rotatable bonds is 2. The lowest BCUT2D eigenvalue weighted by Crippen LogP contribution is -2.39. The minimum Gasteiger partial charge on any atom is -0.453 e. The van der Waals surface area contributed by atoms with E-state index in [0.29, 0.717) is 5.57 Å². The lowest BCUT2D eigenvalue weighted by atomic mass is 9.88. The Labute approximate surface area is 83.2 Å². The average Bonchev–Trinajstić information content (AvgIpc) is 2.25. The first-order valence-electron chi connectivity index (χ1n) is 4.65. The summed E-state index contributed by atoms with van der Waals surface area (Å²) in [5, 5.41) is 0. The van der Waals surface area contributed by atoms with Crippen LogP contribution >= 0.6 is 0 Å². The molecule has 0 radical (unpaired) electrons. The maximum atomic E-state index is 10.9. The van der Waals surface area contributed by atoms with Crippen LogP contribution in [0.15, 0.2) is 42.5 Å². The van der Waals surface area contributed by atoms with Crippen LogP contribution in [0.4, 0.5) is 0 Å². The summed E-state index contributed by atoms with van der Waals surface area (Å²) in [6, 6.07) is 10.00. The van der Waals surface area contributed by atoms with E-state index < -0.39 is 0 Å². The van der Waals surface area contributed by atoms with E-state index in [4.69, 9.17) is 4.74 Å². The van der Waals surface area contributed by atoms with E-state index in [2.05, 4.69) is 6.58 Å². The van der Waals surface area contributed by atoms with Gasteiger partial charge in [0.2, 0.25) is 0 Å². The Balaban J connectivity index is 2.14. The van der Waals surface area contributed by atoms with Gasteiger partial charge >= 0.3 is 5.97 Å². The minimum atomic E-state index is -0.266. The maximum Gasteiger partial charge on any atom is 0.337 e. The van der Waals surface area contributed by atoms with E-state index in [9.17, 15) is 4.79 Å². The van der Waals surface area contributed by atoms with Gasteiger partial charge < -0.3 is 4.74 Å². The van der Waals surface area contributed by atoms with Crippen molar-refractivity contribution in [1.82, 2.24) is 0 Å². The van der Waals surface area contributed by atoms with Crippen molar-refractivity contribution in [2.75, 3.05) is 0 Å². The van der Waals surface area contributed by atoms with E-state index in [-0.39, 0.29) is 18.0 Å². The van der Waals surface area contributed by atoms with Gasteiger partial charge in [-0.2, -0.15) is 0 Å². The first-order chi connectivity index (χ1) is 6.70. The molecule has 1 saturated heterocycles. The number of benzene rings is 1. The van der Waals surface area contributed by atoms with Crippen LogP contribution in [0, 0.1) is 0 Å². The van der Waals surface area contributed by atoms with Crippen LogP contribution in [-0.4, -0.2) is 12.1 Å². The first-order valence-corrected chi connectivity index (χ1v) is 4.65. The molecule has 0 spiro atoms. The molecular weight excluding hydrogens is 176 g/mol. The van der Waals surface area contributed by atoms with Gasteiger partial charge in [-0.1, -0.05) is 43.8 Å². The lowest BCUT2D eigenvalue weighted by Gasteiger charge is -2.33. The molecule has 1 aromatic rings. The molecule has 2 atom stereocenters. The SMILES string of the molecule is C=C1C(=O)OC1C(C)c1ccccc1. The molecule has 14 heavy (non-hydrogen) atoms. The van der Waals surface area contributed by atoms with Crippen LogP contribution in [0.3, 0.4) is 0 Å². The van der Waals surface area contributed by atoms with Gasteiger partial charge in [-0.15, -0.1) is 0 Å². The molecule has 0 N–H and O–H groups in total. The summed E-state index contributed by atoms with van der Waals surface area (Å²) in [6.45, 7) is 5.73. The average molecular weight is 188 g/mol. The molecule has 1 aliphatic rings. The highest BCUT2D eigenvalue weighted by molar-refractivity contribution is 5.95. The molecule has 0 amide bonds. The molecule has 1 aromatic carbocycles. The standard InChI is InChI=1S/C12H12O2/c1-8(10-6-4-3-5-7-10)11-9(2)12(13)14-11/h3-8,11H,2H2,1H3. The third-order valence-electron chi connectivity index (χ3n) is 2.62. The zero-order valence-electron chi connectivity index (χ0n) is 8.07. The third-order valence-corrected chi connectivity index (χ3v) is 2.62. The molecule has 0 bridgehead atoms. The number of esters is 1. The van der Waals surface area contributed by atoms with Crippen molar-refractivity contribution in [2.24, 2.45) is 0 Å². The van der Waals surface area contributed by atoms with Crippen molar-refractivity contribution in [3.63, 3.8) is 0 Å². The number of carbonyl (C=O) groups excluding carboxylic acids is 1. The summed E-state index contributed by atoms with van der Waals surface area (Å²) in [7, 11) is 0. The van der Waals surface area contributed by atoms with E-state index >= 15 is 0 Å². The van der Waals surface area contributed by atoms with Gasteiger partial charge in [0, 0.05) is 5.92 Å². The molecule has 0 aliphatic carbocycles. The Bertz CT molecular complexity index is 367. The molecule has 0 saturated carbocycles. The van der Waals surface area contributed by atoms with Gasteiger partial charge in [-0.25, -0.2) is 4.79 Å². The molecule has 2 nitrogen and oxygen atoms in total. The van der Waals surface area contributed by atoms with Crippen molar-refractivity contribution in [1.29, 1.82) is 0 Å². The van der Waals surface area contributed by atoms with Gasteiger partial charge in [-0.3, -0.25) is 0 Å². The van der Waals surface area contributed by atoms with Crippen LogP contribution in [0.2, 0.25) is 0 Å². The second-order valence-corrected chi connectivity index (χ2v) is 3.55. The summed E-state index contributed by atoms with van der Waals surface area (Å²) in [6.07, 6.45) is -0.134. The Hall–Kier alpha value is -1.57. The predicted octanol–water partition coefficient (Wildman–Crippen LogP) is 2.27. The number of ether oxygens (including phenoxy) is 1. The zero-order valence-corrected chi connectivity index (χ0v) is 8.07. The van der Waals surface area contributed by atoms with Gasteiger partial charge in [0.1, 0.15) is 6.10 Å². The van der Waals surface area contributed by atoms with Gasteiger partial charge in [0.15, 0.2) is 0 Å². The molecule has 2 rings (SSSR count). The molecule has 1 heterocycles. The van der Waals surface area contributed by atoms with E-state index in [1.807, 2.05) is 37.3 Å². The Morgan fingerprint density at radius 1 is 1.36 bits per heavy atom. The van der Waals surface area contributed by atoms with Gasteiger partial charge in [0.05, 0.1) is 5.57 Å². The van der Waals surface area contributed by atoms with Gasteiger partial charge in [-0.05, 0) is 5.56 Å². The molecule has 2 heteroatoms. The molecule has 0 aromatic heterocycles. The van der Waals surface area contributed by atoms with E-state index in [1.165, 1.54) is 5.56 Å². The summed E-state index contributed by atoms with van der Waals surface area (Å²) in [4.78, 5) is 10.9. The second kappa shape index (κ2) is 3.29. The van der Waals surface area contributed by atoms with Crippen molar-refractivity contribution in [3.05, 3.63) is 48.0 Å². The second-order valence-electron chi connectivity index (χ2n) is 3.55. The topological polar surface area (TPSA) is 26.3 Å². The molecule has 1 aliphatic heterocycles. The number of carbonyl (C=O) groups is 1.